The average Bonchev–Trinajstić information content (AvgIpc) is 2.82. The number of nitrogens with zero attached hydrogens (tertiary/aromatic N) is 1. The van der Waals surface area contributed by atoms with Crippen LogP contribution in [-0.4, -0.2) is 30.6 Å². The second-order valence-electron chi connectivity index (χ2n) is 3.49. The van der Waals surface area contributed by atoms with Crippen molar-refractivity contribution in [1.29, 1.82) is 0 Å². The maximum Gasteiger partial charge on any atom is 0.270 e. The lowest BCUT2D eigenvalue weighted by Crippen LogP contribution is -2.25. The van der Waals surface area contributed by atoms with Gasteiger partial charge in [0.15, 0.2) is 0 Å². The lowest BCUT2D eigenvalue weighted by Gasteiger charge is -2.03. The van der Waals surface area contributed by atoms with Crippen molar-refractivity contribution in [3.63, 3.8) is 0 Å². The molecule has 0 aliphatic heterocycles. The van der Waals surface area contributed by atoms with Crippen LogP contribution in [0.25, 0.3) is 0 Å². The molecule has 7 heteroatoms. The van der Waals surface area contributed by atoms with Gasteiger partial charge in [0.05, 0.1) is 0 Å². The van der Waals surface area contributed by atoms with Crippen molar-refractivity contribution in [2.75, 3.05) is 19.8 Å². The minimum Gasteiger partial charge on any atom is -0.382 e. The Morgan fingerprint density at radius 2 is 2.33 bits per heavy atom. The van der Waals surface area contributed by atoms with Crippen molar-refractivity contribution in [1.82, 2.24) is 10.3 Å². The van der Waals surface area contributed by atoms with Crippen LogP contribution < -0.4 is 11.1 Å². The summed E-state index contributed by atoms with van der Waals surface area (Å²) in [5, 5.41) is 5.34. The maximum atomic E-state index is 11.6. The van der Waals surface area contributed by atoms with Crippen LogP contribution in [0.5, 0.6) is 0 Å². The second-order valence-corrected chi connectivity index (χ2v) is 4.43. The number of thiazole rings is 1. The third-order valence-electron chi connectivity index (χ3n) is 2.16. The average molecular weight is 294 g/mol. The first kappa shape index (κ1) is 17.3. The molecule has 0 saturated carbocycles. The number of amides is 1. The number of halogens is 1. The predicted molar refractivity (Wildman–Crippen MR) is 75.3 cm³/mol. The zero-order chi connectivity index (χ0) is 12.5. The van der Waals surface area contributed by atoms with E-state index in [2.05, 4.69) is 10.3 Å². The van der Waals surface area contributed by atoms with Crippen LogP contribution in [0.1, 0.15) is 35.3 Å². The molecule has 0 fully saturated rings. The van der Waals surface area contributed by atoms with E-state index in [1.54, 1.807) is 5.38 Å². The van der Waals surface area contributed by atoms with Crippen LogP contribution in [-0.2, 0) is 11.3 Å². The number of aromatic nitrogens is 1. The Hall–Kier alpha value is -0.690. The van der Waals surface area contributed by atoms with Gasteiger partial charge in [-0.25, -0.2) is 4.98 Å². The summed E-state index contributed by atoms with van der Waals surface area (Å²) in [5.41, 5.74) is 5.89. The van der Waals surface area contributed by atoms with Gasteiger partial charge in [-0.15, -0.1) is 23.7 Å². The van der Waals surface area contributed by atoms with E-state index < -0.39 is 0 Å². The van der Waals surface area contributed by atoms with Gasteiger partial charge in [0, 0.05) is 31.7 Å². The quantitative estimate of drug-likeness (QED) is 0.713. The van der Waals surface area contributed by atoms with Crippen molar-refractivity contribution in [2.45, 2.75) is 26.3 Å². The molecule has 0 aliphatic rings. The summed E-state index contributed by atoms with van der Waals surface area (Å²) in [5.74, 6) is -0.127. The summed E-state index contributed by atoms with van der Waals surface area (Å²) >= 11 is 1.41. The van der Waals surface area contributed by atoms with Gasteiger partial charge in [-0.3, -0.25) is 4.79 Å². The number of ether oxygens (including phenoxy) is 1. The van der Waals surface area contributed by atoms with E-state index >= 15 is 0 Å². The third-order valence-corrected chi connectivity index (χ3v) is 3.04. The van der Waals surface area contributed by atoms with E-state index in [1.807, 2.05) is 6.92 Å². The smallest absolute Gasteiger partial charge is 0.270 e. The van der Waals surface area contributed by atoms with E-state index in [0.717, 1.165) is 31.1 Å². The Balaban J connectivity index is 0.00000289. The molecule has 1 rings (SSSR count). The topological polar surface area (TPSA) is 77.2 Å². The van der Waals surface area contributed by atoms with Crippen LogP contribution in [0.15, 0.2) is 5.38 Å². The molecular formula is C11H20ClN3O2S. The van der Waals surface area contributed by atoms with Crippen molar-refractivity contribution in [3.8, 4) is 0 Å². The molecule has 1 heterocycles. The summed E-state index contributed by atoms with van der Waals surface area (Å²) in [6.07, 6.45) is 1.87. The zero-order valence-electron chi connectivity index (χ0n) is 10.5. The van der Waals surface area contributed by atoms with Gasteiger partial charge in [0.25, 0.3) is 5.91 Å². The molecule has 104 valence electrons. The predicted octanol–water partition coefficient (Wildman–Crippen LogP) is 1.57. The van der Waals surface area contributed by atoms with E-state index in [4.69, 9.17) is 10.5 Å². The molecule has 3 N–H and O–H groups in total. The fraction of sp³-hybridized carbons (Fsp3) is 0.636. The Morgan fingerprint density at radius 3 is 2.94 bits per heavy atom. The molecule has 0 atom stereocenters. The molecular weight excluding hydrogens is 274 g/mol. The minimum absolute atomic E-state index is 0. The highest BCUT2D eigenvalue weighted by Gasteiger charge is 2.08. The van der Waals surface area contributed by atoms with Crippen LogP contribution in [0, 0.1) is 0 Å². The first-order valence-electron chi connectivity index (χ1n) is 5.78. The molecule has 1 aromatic rings. The summed E-state index contributed by atoms with van der Waals surface area (Å²) in [6, 6.07) is 0. The normalized spacial score (nSPS) is 9.89. The number of hydrogen-bond donors (Lipinski definition) is 2. The van der Waals surface area contributed by atoms with Crippen LogP contribution in [0.4, 0.5) is 0 Å². The lowest BCUT2D eigenvalue weighted by atomic mass is 10.3. The minimum atomic E-state index is -0.127. The summed E-state index contributed by atoms with van der Waals surface area (Å²) in [7, 11) is 0. The molecule has 5 nitrogen and oxygen atoms in total. The number of nitrogens with two attached hydrogens (primary N) is 1. The molecule has 0 saturated heterocycles. The van der Waals surface area contributed by atoms with Gasteiger partial charge >= 0.3 is 0 Å². The van der Waals surface area contributed by atoms with Gasteiger partial charge in [-0.1, -0.05) is 0 Å². The largest absolute Gasteiger partial charge is 0.382 e. The van der Waals surface area contributed by atoms with Crippen molar-refractivity contribution in [2.24, 2.45) is 5.73 Å². The molecule has 0 unspecified atom stereocenters. The number of carbonyl (C=O) groups is 1. The molecule has 0 bridgehead atoms. The zero-order valence-corrected chi connectivity index (χ0v) is 12.1. The molecule has 0 aliphatic carbocycles. The number of unbranched alkanes of at least 4 members (excludes halogenated alkanes) is 1. The lowest BCUT2D eigenvalue weighted by molar-refractivity contribution is 0.0945. The Bertz CT molecular complexity index is 347. The van der Waals surface area contributed by atoms with Crippen LogP contribution in [0.2, 0.25) is 0 Å². The van der Waals surface area contributed by atoms with Crippen LogP contribution in [0.3, 0.4) is 0 Å². The highest BCUT2D eigenvalue weighted by molar-refractivity contribution is 7.09. The molecule has 1 amide bonds. The third kappa shape index (κ3) is 6.30. The van der Waals surface area contributed by atoms with Crippen LogP contribution >= 0.6 is 23.7 Å². The Labute approximate surface area is 118 Å². The monoisotopic (exact) mass is 293 g/mol. The van der Waals surface area contributed by atoms with Crippen molar-refractivity contribution < 1.29 is 9.53 Å². The SMILES string of the molecule is CCOCCCCNC(=O)c1csc(CN)n1.Cl. The highest BCUT2D eigenvalue weighted by Crippen LogP contribution is 2.08. The van der Waals surface area contributed by atoms with Gasteiger partial charge in [0.1, 0.15) is 10.7 Å². The summed E-state index contributed by atoms with van der Waals surface area (Å²) in [4.78, 5) is 15.7. The first-order chi connectivity index (χ1) is 8.27. The number of nitrogens with one attached hydrogen (secondary N) is 1. The summed E-state index contributed by atoms with van der Waals surface area (Å²) < 4.78 is 5.21. The first-order valence-corrected chi connectivity index (χ1v) is 6.66. The standard InChI is InChI=1S/C11H19N3O2S.ClH/c1-2-16-6-4-3-5-13-11(15)9-8-17-10(7-12)14-9;/h8H,2-7,12H2,1H3,(H,13,15);1H. The van der Waals surface area contributed by atoms with Crippen molar-refractivity contribution in [3.05, 3.63) is 16.1 Å². The van der Waals surface area contributed by atoms with E-state index in [9.17, 15) is 4.79 Å². The second kappa shape index (κ2) is 10.3. The molecule has 0 spiro atoms. The van der Waals surface area contributed by atoms with Gasteiger partial charge in [-0.05, 0) is 19.8 Å². The summed E-state index contributed by atoms with van der Waals surface area (Å²) in [6.45, 7) is 4.50. The number of rotatable bonds is 8. The number of carbonyl (C=O) groups excluding carboxylic acids is 1. The van der Waals surface area contributed by atoms with E-state index in [1.165, 1.54) is 11.3 Å². The molecule has 0 aromatic carbocycles. The molecule has 0 radical (unpaired) electrons. The van der Waals surface area contributed by atoms with Gasteiger partial charge in [0.2, 0.25) is 0 Å². The Kier molecular flexibility index (Phi) is 9.86. The molecule has 18 heavy (non-hydrogen) atoms. The number of hydrogen-bond acceptors (Lipinski definition) is 5. The van der Waals surface area contributed by atoms with Crippen molar-refractivity contribution >= 4 is 29.7 Å². The molecule has 1 aromatic heterocycles. The van der Waals surface area contributed by atoms with E-state index in [0.29, 0.717) is 18.8 Å². The highest BCUT2D eigenvalue weighted by atomic mass is 35.5. The maximum absolute atomic E-state index is 11.6. The van der Waals surface area contributed by atoms with Gasteiger partial charge in [-0.2, -0.15) is 0 Å². The Morgan fingerprint density at radius 1 is 1.56 bits per heavy atom. The fourth-order valence-electron chi connectivity index (χ4n) is 1.27. The van der Waals surface area contributed by atoms with E-state index in [-0.39, 0.29) is 18.3 Å². The fourth-order valence-corrected chi connectivity index (χ4v) is 1.93. The van der Waals surface area contributed by atoms with Gasteiger partial charge < -0.3 is 15.8 Å².